The van der Waals surface area contributed by atoms with Gasteiger partial charge in [-0.1, -0.05) is 25.1 Å². The number of anilines is 1. The molecule has 5 heteroatoms. The zero-order valence-corrected chi connectivity index (χ0v) is 16.1. The molecule has 1 aliphatic carbocycles. The van der Waals surface area contributed by atoms with Gasteiger partial charge in [-0.05, 0) is 62.3 Å². The number of amides is 2. The quantitative estimate of drug-likeness (QED) is 0.802. The lowest BCUT2D eigenvalue weighted by Crippen LogP contribution is -2.35. The molecule has 1 aromatic heterocycles. The summed E-state index contributed by atoms with van der Waals surface area (Å²) in [6.07, 6.45) is 5.48. The number of aryl methyl sites for hydroxylation is 2. The predicted octanol–water partition coefficient (Wildman–Crippen LogP) is 4.21. The number of hydrogen-bond donors (Lipinski definition) is 2. The monoisotopic (exact) mass is 368 g/mol. The molecule has 1 aliphatic rings. The van der Waals surface area contributed by atoms with Gasteiger partial charge < -0.3 is 15.1 Å². The number of nitrogens with one attached hydrogen (secondary N) is 2. The molecule has 2 amide bonds. The van der Waals surface area contributed by atoms with Crippen molar-refractivity contribution in [3.05, 3.63) is 53.5 Å². The van der Waals surface area contributed by atoms with Gasteiger partial charge in [0.05, 0.1) is 12.8 Å². The molecule has 1 fully saturated rings. The van der Waals surface area contributed by atoms with Crippen LogP contribution in [0.1, 0.15) is 49.5 Å². The van der Waals surface area contributed by atoms with Crippen molar-refractivity contribution in [2.24, 2.45) is 11.8 Å². The van der Waals surface area contributed by atoms with Gasteiger partial charge in [-0.25, -0.2) is 0 Å². The smallest absolute Gasteiger partial charge is 0.227 e. The fourth-order valence-corrected chi connectivity index (χ4v) is 3.78. The van der Waals surface area contributed by atoms with Crippen molar-refractivity contribution in [3.8, 4) is 0 Å². The third kappa shape index (κ3) is 4.79. The van der Waals surface area contributed by atoms with E-state index in [1.807, 2.05) is 31.2 Å². The van der Waals surface area contributed by atoms with E-state index < -0.39 is 0 Å². The molecule has 0 unspecified atom stereocenters. The summed E-state index contributed by atoms with van der Waals surface area (Å²) in [7, 11) is 0. The molecule has 0 saturated heterocycles. The van der Waals surface area contributed by atoms with Crippen LogP contribution in [-0.4, -0.2) is 11.8 Å². The highest BCUT2D eigenvalue weighted by Gasteiger charge is 2.30. The Hall–Kier alpha value is -2.56. The van der Waals surface area contributed by atoms with Crippen molar-refractivity contribution in [1.29, 1.82) is 0 Å². The van der Waals surface area contributed by atoms with Crippen LogP contribution in [0.25, 0.3) is 0 Å². The van der Waals surface area contributed by atoms with E-state index in [2.05, 4.69) is 23.6 Å². The number of hydrogen-bond acceptors (Lipinski definition) is 3. The summed E-state index contributed by atoms with van der Waals surface area (Å²) in [6.45, 7) is 4.53. The number of benzene rings is 1. The van der Waals surface area contributed by atoms with Crippen LogP contribution in [0.3, 0.4) is 0 Å². The van der Waals surface area contributed by atoms with E-state index in [-0.39, 0.29) is 23.7 Å². The minimum absolute atomic E-state index is 0.0197. The highest BCUT2D eigenvalue weighted by molar-refractivity contribution is 5.94. The van der Waals surface area contributed by atoms with Crippen LogP contribution >= 0.6 is 0 Å². The van der Waals surface area contributed by atoms with E-state index in [9.17, 15) is 9.59 Å². The van der Waals surface area contributed by atoms with Gasteiger partial charge >= 0.3 is 0 Å². The second kappa shape index (κ2) is 8.89. The van der Waals surface area contributed by atoms with Crippen LogP contribution in [0, 0.1) is 18.8 Å². The number of carbonyl (C=O) groups is 2. The zero-order chi connectivity index (χ0) is 19.2. The molecule has 27 heavy (non-hydrogen) atoms. The van der Waals surface area contributed by atoms with E-state index in [0.29, 0.717) is 6.54 Å². The summed E-state index contributed by atoms with van der Waals surface area (Å²) >= 11 is 0. The van der Waals surface area contributed by atoms with Crippen LogP contribution in [0.5, 0.6) is 0 Å². The lowest BCUT2D eigenvalue weighted by atomic mass is 9.81. The SMILES string of the molecule is CCc1cccc(C)c1NC(=O)C1CCC(C(=O)NCc2ccco2)CC1. The first kappa shape index (κ1) is 19.2. The molecule has 144 valence electrons. The lowest BCUT2D eigenvalue weighted by Gasteiger charge is -2.27. The normalized spacial score (nSPS) is 19.5. The van der Waals surface area contributed by atoms with Crippen LogP contribution in [0.2, 0.25) is 0 Å². The molecule has 2 aromatic rings. The van der Waals surface area contributed by atoms with Gasteiger partial charge in [0.2, 0.25) is 11.8 Å². The molecule has 1 heterocycles. The average Bonchev–Trinajstić information content (AvgIpc) is 3.21. The molecular formula is C22H28N2O3. The van der Waals surface area contributed by atoms with E-state index in [4.69, 9.17) is 4.42 Å². The third-order valence-corrected chi connectivity index (χ3v) is 5.47. The average molecular weight is 368 g/mol. The Morgan fingerprint density at radius 1 is 1.04 bits per heavy atom. The van der Waals surface area contributed by atoms with Gasteiger partial charge in [-0.3, -0.25) is 9.59 Å². The van der Waals surface area contributed by atoms with Crippen molar-refractivity contribution >= 4 is 17.5 Å². The molecule has 0 atom stereocenters. The van der Waals surface area contributed by atoms with Crippen molar-refractivity contribution in [2.75, 3.05) is 5.32 Å². The number of rotatable bonds is 6. The first-order chi connectivity index (χ1) is 13.1. The Morgan fingerprint density at radius 3 is 2.37 bits per heavy atom. The third-order valence-electron chi connectivity index (χ3n) is 5.47. The Labute approximate surface area is 160 Å². The second-order valence-electron chi connectivity index (χ2n) is 7.30. The Morgan fingerprint density at radius 2 is 1.74 bits per heavy atom. The fourth-order valence-electron chi connectivity index (χ4n) is 3.78. The lowest BCUT2D eigenvalue weighted by molar-refractivity contribution is -0.128. The maximum Gasteiger partial charge on any atom is 0.227 e. The maximum absolute atomic E-state index is 12.7. The van der Waals surface area contributed by atoms with E-state index in [1.54, 1.807) is 6.26 Å². The number of para-hydroxylation sites is 1. The summed E-state index contributed by atoms with van der Waals surface area (Å²) in [6, 6.07) is 9.76. The van der Waals surface area contributed by atoms with Gasteiger partial charge in [0.15, 0.2) is 0 Å². The topological polar surface area (TPSA) is 71.3 Å². The Bertz CT molecular complexity index is 775. The largest absolute Gasteiger partial charge is 0.467 e. The molecule has 3 rings (SSSR count). The van der Waals surface area contributed by atoms with Gasteiger partial charge in [0, 0.05) is 17.5 Å². The van der Waals surface area contributed by atoms with Crippen molar-refractivity contribution in [2.45, 2.75) is 52.5 Å². The van der Waals surface area contributed by atoms with Gasteiger partial charge in [0.1, 0.15) is 5.76 Å². The van der Waals surface area contributed by atoms with Crippen molar-refractivity contribution in [1.82, 2.24) is 5.32 Å². The molecule has 1 aromatic carbocycles. The molecule has 0 aliphatic heterocycles. The predicted molar refractivity (Wildman–Crippen MR) is 105 cm³/mol. The van der Waals surface area contributed by atoms with Crippen LogP contribution < -0.4 is 10.6 Å². The van der Waals surface area contributed by atoms with E-state index in [1.165, 1.54) is 0 Å². The summed E-state index contributed by atoms with van der Waals surface area (Å²) < 4.78 is 5.24. The van der Waals surface area contributed by atoms with Crippen molar-refractivity contribution < 1.29 is 14.0 Å². The molecule has 0 bridgehead atoms. The van der Waals surface area contributed by atoms with Crippen LogP contribution in [0.15, 0.2) is 41.0 Å². The Balaban J connectivity index is 1.50. The van der Waals surface area contributed by atoms with Crippen LogP contribution in [0.4, 0.5) is 5.69 Å². The molecule has 0 spiro atoms. The highest BCUT2D eigenvalue weighted by atomic mass is 16.3. The number of furan rings is 1. The number of carbonyl (C=O) groups excluding carboxylic acids is 2. The van der Waals surface area contributed by atoms with E-state index >= 15 is 0 Å². The van der Waals surface area contributed by atoms with Gasteiger partial charge in [-0.15, -0.1) is 0 Å². The highest BCUT2D eigenvalue weighted by Crippen LogP contribution is 2.31. The summed E-state index contributed by atoms with van der Waals surface area (Å²) in [4.78, 5) is 25.1. The fraction of sp³-hybridized carbons (Fsp3) is 0.455. The molecule has 0 radical (unpaired) electrons. The zero-order valence-electron chi connectivity index (χ0n) is 16.1. The van der Waals surface area contributed by atoms with Gasteiger partial charge in [0.25, 0.3) is 0 Å². The minimum Gasteiger partial charge on any atom is -0.467 e. The van der Waals surface area contributed by atoms with E-state index in [0.717, 1.165) is 54.7 Å². The summed E-state index contributed by atoms with van der Waals surface area (Å²) in [5.74, 6) is 0.837. The summed E-state index contributed by atoms with van der Waals surface area (Å²) in [5.41, 5.74) is 3.20. The molecule has 2 N–H and O–H groups in total. The molecule has 5 nitrogen and oxygen atoms in total. The van der Waals surface area contributed by atoms with Gasteiger partial charge in [-0.2, -0.15) is 0 Å². The molecular weight excluding hydrogens is 340 g/mol. The summed E-state index contributed by atoms with van der Waals surface area (Å²) in [5, 5.41) is 6.06. The minimum atomic E-state index is -0.0246. The van der Waals surface area contributed by atoms with Crippen LogP contribution in [-0.2, 0) is 22.6 Å². The first-order valence-electron chi connectivity index (χ1n) is 9.78. The standard InChI is InChI=1S/C22H28N2O3/c1-3-16-7-4-6-15(2)20(16)24-22(26)18-11-9-17(10-12-18)21(25)23-14-19-8-5-13-27-19/h4-8,13,17-18H,3,9-12,14H2,1-2H3,(H,23,25)(H,24,26). The Kier molecular flexibility index (Phi) is 6.32. The molecule has 1 saturated carbocycles. The first-order valence-corrected chi connectivity index (χ1v) is 9.78. The van der Waals surface area contributed by atoms with Crippen molar-refractivity contribution in [3.63, 3.8) is 0 Å². The maximum atomic E-state index is 12.7. The second-order valence-corrected chi connectivity index (χ2v) is 7.30.